The number of nitrogens with one attached hydrogen (secondary N) is 2. The molecule has 180 valence electrons. The predicted molar refractivity (Wildman–Crippen MR) is 130 cm³/mol. The molecule has 0 radical (unpaired) electrons. The summed E-state index contributed by atoms with van der Waals surface area (Å²) in [6.45, 7) is 5.90. The van der Waals surface area contributed by atoms with Crippen LogP contribution < -0.4 is 22.1 Å². The molecule has 8 heteroatoms. The first-order valence-electron chi connectivity index (χ1n) is 12.4. The lowest BCUT2D eigenvalue weighted by Gasteiger charge is -2.29. The largest absolute Gasteiger partial charge is 0.349 e. The molecule has 2 aliphatic rings. The van der Waals surface area contributed by atoms with Crippen molar-refractivity contribution in [3.8, 4) is 0 Å². The summed E-state index contributed by atoms with van der Waals surface area (Å²) in [5, 5.41) is 6.32. The van der Waals surface area contributed by atoms with E-state index >= 15 is 0 Å². The van der Waals surface area contributed by atoms with Crippen LogP contribution in [0, 0.1) is 11.7 Å². The number of anilines is 2. The molecule has 2 fully saturated rings. The molecule has 0 aliphatic carbocycles. The molecule has 0 bridgehead atoms. The zero-order chi connectivity index (χ0) is 23.0. The van der Waals surface area contributed by atoms with Gasteiger partial charge in [0.05, 0.1) is 5.69 Å². The number of piperidine rings is 2. The van der Waals surface area contributed by atoms with E-state index in [1.165, 1.54) is 0 Å². The molecule has 0 atom stereocenters. The molecule has 2 aliphatic heterocycles. The van der Waals surface area contributed by atoms with Crippen molar-refractivity contribution in [2.75, 3.05) is 38.0 Å². The summed E-state index contributed by atoms with van der Waals surface area (Å²) in [6, 6.07) is 7.39. The summed E-state index contributed by atoms with van der Waals surface area (Å²) in [7, 11) is 0. The fraction of sp³-hybridized carbons (Fsp3) is 0.600. The third-order valence-electron chi connectivity index (χ3n) is 6.91. The lowest BCUT2D eigenvalue weighted by molar-refractivity contribution is 0.208. The van der Waals surface area contributed by atoms with Crippen LogP contribution >= 0.6 is 0 Å². The van der Waals surface area contributed by atoms with E-state index in [-0.39, 0.29) is 11.5 Å². The third-order valence-corrected chi connectivity index (χ3v) is 6.91. The third kappa shape index (κ3) is 7.09. The molecular formula is C25H37FN6O. The second-order valence-corrected chi connectivity index (χ2v) is 9.51. The van der Waals surface area contributed by atoms with Crippen LogP contribution in [-0.4, -0.2) is 53.2 Å². The molecule has 4 rings (SSSR count). The molecule has 0 amide bonds. The van der Waals surface area contributed by atoms with E-state index < -0.39 is 0 Å². The number of rotatable bonds is 9. The molecule has 33 heavy (non-hydrogen) atoms. The second kappa shape index (κ2) is 11.7. The first-order valence-corrected chi connectivity index (χ1v) is 12.4. The number of halogens is 1. The monoisotopic (exact) mass is 456 g/mol. The highest BCUT2D eigenvalue weighted by Crippen LogP contribution is 2.23. The number of hydrogen-bond donors (Lipinski definition) is 3. The number of nitrogens with zero attached hydrogens (tertiary/aromatic N) is 3. The van der Waals surface area contributed by atoms with Crippen LogP contribution in [0.4, 0.5) is 15.9 Å². The minimum atomic E-state index is -0.314. The summed E-state index contributed by atoms with van der Waals surface area (Å²) in [5.41, 5.74) is 7.00. The second-order valence-electron chi connectivity index (χ2n) is 9.51. The molecule has 3 heterocycles. The van der Waals surface area contributed by atoms with E-state index in [1.54, 1.807) is 29.0 Å². The highest BCUT2D eigenvalue weighted by atomic mass is 19.1. The number of benzene rings is 1. The van der Waals surface area contributed by atoms with Crippen molar-refractivity contribution in [3.63, 3.8) is 0 Å². The molecule has 1 aromatic carbocycles. The first kappa shape index (κ1) is 23.9. The Morgan fingerprint density at radius 2 is 1.85 bits per heavy atom. The van der Waals surface area contributed by atoms with Crippen LogP contribution in [0.3, 0.4) is 0 Å². The number of nitrogens with two attached hydrogens (primary N) is 1. The molecule has 7 nitrogen and oxygen atoms in total. The highest BCUT2D eigenvalue weighted by Gasteiger charge is 2.16. The number of hydrogen-bond acceptors (Lipinski definition) is 6. The van der Waals surface area contributed by atoms with E-state index in [0.29, 0.717) is 30.0 Å². The summed E-state index contributed by atoms with van der Waals surface area (Å²) in [4.78, 5) is 19.0. The molecule has 0 spiro atoms. The van der Waals surface area contributed by atoms with Gasteiger partial charge in [-0.25, -0.2) is 9.18 Å². The fourth-order valence-corrected chi connectivity index (χ4v) is 4.81. The predicted octanol–water partition coefficient (Wildman–Crippen LogP) is 2.87. The molecule has 2 aromatic rings. The highest BCUT2D eigenvalue weighted by molar-refractivity contribution is 5.56. The average molecular weight is 457 g/mol. The van der Waals surface area contributed by atoms with E-state index in [4.69, 9.17) is 5.73 Å². The number of aromatic nitrogens is 2. The lowest BCUT2D eigenvalue weighted by Crippen LogP contribution is -2.40. The number of unbranched alkanes of at least 4 members (excludes halogenated alkanes) is 1. The van der Waals surface area contributed by atoms with Crippen LogP contribution in [-0.2, 0) is 13.0 Å². The van der Waals surface area contributed by atoms with Crippen molar-refractivity contribution in [3.05, 3.63) is 52.3 Å². The number of likely N-dealkylation sites (tertiary alicyclic amines) is 1. The topological polar surface area (TPSA) is 88.2 Å². The van der Waals surface area contributed by atoms with Crippen LogP contribution in [0.5, 0.6) is 0 Å². The van der Waals surface area contributed by atoms with Gasteiger partial charge in [-0.2, -0.15) is 4.98 Å². The van der Waals surface area contributed by atoms with Gasteiger partial charge in [0.1, 0.15) is 11.6 Å². The van der Waals surface area contributed by atoms with E-state index in [0.717, 1.165) is 83.2 Å². The Labute approximate surface area is 195 Å². The van der Waals surface area contributed by atoms with Gasteiger partial charge in [0.2, 0.25) is 0 Å². The zero-order valence-electron chi connectivity index (χ0n) is 19.4. The molecule has 2 saturated heterocycles. The van der Waals surface area contributed by atoms with E-state index in [1.807, 2.05) is 6.07 Å². The van der Waals surface area contributed by atoms with Crippen molar-refractivity contribution < 1.29 is 4.39 Å². The smallest absolute Gasteiger partial charge is 0.338 e. The van der Waals surface area contributed by atoms with Crippen molar-refractivity contribution in [2.24, 2.45) is 11.7 Å². The number of aryl methyl sites for hydroxylation is 1. The Hall–Kier alpha value is -2.29. The van der Waals surface area contributed by atoms with Crippen LogP contribution in [0.2, 0.25) is 0 Å². The minimum absolute atomic E-state index is 0.313. The molecule has 0 saturated carbocycles. The zero-order valence-corrected chi connectivity index (χ0v) is 19.4. The van der Waals surface area contributed by atoms with Gasteiger partial charge in [-0.05, 0) is 107 Å². The molecule has 4 N–H and O–H groups in total. The van der Waals surface area contributed by atoms with Gasteiger partial charge >= 0.3 is 5.69 Å². The maximum Gasteiger partial charge on any atom is 0.349 e. The Morgan fingerprint density at radius 3 is 2.58 bits per heavy atom. The molecule has 1 aromatic heterocycles. The van der Waals surface area contributed by atoms with Crippen molar-refractivity contribution in [2.45, 2.75) is 57.5 Å². The van der Waals surface area contributed by atoms with Gasteiger partial charge in [-0.1, -0.05) is 6.07 Å². The van der Waals surface area contributed by atoms with Crippen LogP contribution in [0.1, 0.15) is 44.1 Å². The van der Waals surface area contributed by atoms with Crippen molar-refractivity contribution in [1.29, 1.82) is 0 Å². The van der Waals surface area contributed by atoms with E-state index in [2.05, 4.69) is 20.5 Å². The maximum atomic E-state index is 14.7. The summed E-state index contributed by atoms with van der Waals surface area (Å²) < 4.78 is 16.3. The normalized spacial score (nSPS) is 18.5. The van der Waals surface area contributed by atoms with Gasteiger partial charge in [-0.15, -0.1) is 0 Å². The Balaban J connectivity index is 1.25. The minimum Gasteiger partial charge on any atom is -0.338 e. The van der Waals surface area contributed by atoms with Gasteiger partial charge in [-0.3, -0.25) is 4.57 Å². The lowest BCUT2D eigenvalue weighted by atomic mass is 9.91. The van der Waals surface area contributed by atoms with Crippen LogP contribution in [0.15, 0.2) is 35.3 Å². The Bertz CT molecular complexity index is 950. The van der Waals surface area contributed by atoms with Gasteiger partial charge in [0, 0.05) is 18.8 Å². The summed E-state index contributed by atoms with van der Waals surface area (Å²) in [6.07, 6.45) is 9.00. The summed E-state index contributed by atoms with van der Waals surface area (Å²) in [5.74, 6) is 0.661. The Kier molecular flexibility index (Phi) is 8.47. The van der Waals surface area contributed by atoms with Crippen LogP contribution in [0.25, 0.3) is 0 Å². The summed E-state index contributed by atoms with van der Waals surface area (Å²) >= 11 is 0. The van der Waals surface area contributed by atoms with Gasteiger partial charge in [0.15, 0.2) is 0 Å². The molecule has 0 unspecified atom stereocenters. The first-order chi connectivity index (χ1) is 16.1. The standard InChI is InChI=1S/C25H37FN6O/c26-22-18-20(17-19-5-10-28-11-6-19)3-4-23(22)29-24-9-16-32(25(33)30-24)13-2-1-12-31-14-7-21(27)8-15-31/h3-4,9,16,18-19,21,28H,1-2,5-8,10-15,17,27H2,(H,29,30,33). The van der Waals surface area contributed by atoms with Gasteiger partial charge in [0.25, 0.3) is 0 Å². The average Bonchev–Trinajstić information content (AvgIpc) is 2.81. The quantitative estimate of drug-likeness (QED) is 0.503. The SMILES string of the molecule is NC1CCN(CCCCn2ccc(Nc3ccc(CC4CCNCC4)cc3F)nc2=O)CC1. The molecular weight excluding hydrogens is 419 g/mol. The van der Waals surface area contributed by atoms with Crippen molar-refractivity contribution in [1.82, 2.24) is 19.8 Å². The van der Waals surface area contributed by atoms with E-state index in [9.17, 15) is 9.18 Å². The maximum absolute atomic E-state index is 14.7. The van der Waals surface area contributed by atoms with Gasteiger partial charge < -0.3 is 21.3 Å². The fourth-order valence-electron chi connectivity index (χ4n) is 4.81. The Morgan fingerprint density at radius 1 is 1.09 bits per heavy atom. The van der Waals surface area contributed by atoms with Crippen molar-refractivity contribution >= 4 is 11.5 Å².